The molecule has 6 aliphatic rings. The Hall–Kier alpha value is -3.64. The number of aromatic amines is 1. The average Bonchev–Trinajstić information content (AvgIpc) is 3.76. The number of nitrogens with zero attached hydrogens (tertiary/aromatic N) is 6. The summed E-state index contributed by atoms with van der Waals surface area (Å²) in [6.07, 6.45) is 7.13. The maximum Gasteiger partial charge on any atom is 0.422 e. The summed E-state index contributed by atoms with van der Waals surface area (Å²) in [4.78, 5) is 17.4. The van der Waals surface area contributed by atoms with E-state index in [1.165, 1.54) is 32.4 Å². The van der Waals surface area contributed by atoms with Gasteiger partial charge in [-0.05, 0) is 98.1 Å². The largest absolute Gasteiger partial charge is 0.481 e. The molecule has 0 amide bonds. The number of anilines is 1. The monoisotopic (exact) mass is 701 g/mol. The summed E-state index contributed by atoms with van der Waals surface area (Å²) in [6, 6.07) is 6.84. The van der Waals surface area contributed by atoms with Crippen molar-refractivity contribution < 1.29 is 22.6 Å². The Morgan fingerprint density at radius 3 is 2.35 bits per heavy atom. The Morgan fingerprint density at radius 2 is 1.69 bits per heavy atom. The van der Waals surface area contributed by atoms with E-state index in [0.29, 0.717) is 28.0 Å². The van der Waals surface area contributed by atoms with E-state index in [4.69, 9.17) is 19.4 Å². The van der Waals surface area contributed by atoms with Crippen LogP contribution in [0, 0.1) is 17.8 Å². The minimum atomic E-state index is -4.53. The molecule has 2 aromatic heterocycles. The molecular weight excluding hydrogens is 655 g/mol. The number of H-pyrrole nitrogens is 1. The third-order valence-corrected chi connectivity index (χ3v) is 13.1. The normalized spacial score (nSPS) is 25.9. The highest BCUT2D eigenvalue weighted by atomic mass is 19.4. The van der Waals surface area contributed by atoms with Gasteiger partial charge >= 0.3 is 12.2 Å². The first-order chi connectivity index (χ1) is 24.5. The van der Waals surface area contributed by atoms with Crippen LogP contribution < -0.4 is 14.4 Å². The van der Waals surface area contributed by atoms with Crippen molar-refractivity contribution in [2.75, 3.05) is 57.8 Å². The average molecular weight is 702 g/mol. The van der Waals surface area contributed by atoms with E-state index in [1.807, 2.05) is 19.1 Å². The van der Waals surface area contributed by atoms with E-state index in [1.54, 1.807) is 6.20 Å². The molecule has 0 bridgehead atoms. The maximum absolute atomic E-state index is 14.0. The molecule has 0 atom stereocenters. The summed E-state index contributed by atoms with van der Waals surface area (Å²) in [6.45, 7) is 6.83. The molecule has 9 nitrogen and oxygen atoms in total. The summed E-state index contributed by atoms with van der Waals surface area (Å²) in [5.41, 5.74) is 5.55. The van der Waals surface area contributed by atoms with Crippen LogP contribution in [-0.2, 0) is 0 Å². The Labute approximate surface area is 295 Å². The summed E-state index contributed by atoms with van der Waals surface area (Å²) >= 11 is 0. The van der Waals surface area contributed by atoms with Gasteiger partial charge < -0.3 is 19.3 Å². The number of halogens is 3. The second-order valence-electron chi connectivity index (χ2n) is 16.9. The molecule has 3 aliphatic heterocycles. The Kier molecular flexibility index (Phi) is 7.18. The van der Waals surface area contributed by atoms with E-state index in [2.05, 4.69) is 38.0 Å². The first-order valence-corrected chi connectivity index (χ1v) is 18.9. The van der Waals surface area contributed by atoms with Crippen LogP contribution >= 0.6 is 0 Å². The first-order valence-electron chi connectivity index (χ1n) is 18.9. The van der Waals surface area contributed by atoms with E-state index in [0.717, 1.165) is 104 Å². The molecule has 2 aromatic carbocycles. The number of nitrogens with one attached hydrogen (secondary N) is 1. The number of rotatable bonds is 8. The fourth-order valence-electron chi connectivity index (χ4n) is 10.00. The van der Waals surface area contributed by atoms with Crippen molar-refractivity contribution >= 4 is 27.6 Å². The lowest BCUT2D eigenvalue weighted by atomic mass is 9.62. The number of hydrogen-bond acceptors (Lipinski definition) is 8. The van der Waals surface area contributed by atoms with Crippen LogP contribution in [0.2, 0.25) is 0 Å². The van der Waals surface area contributed by atoms with E-state index in [-0.39, 0.29) is 23.8 Å². The zero-order chi connectivity index (χ0) is 34.7. The van der Waals surface area contributed by atoms with Crippen molar-refractivity contribution in [2.45, 2.75) is 89.0 Å². The van der Waals surface area contributed by atoms with Crippen LogP contribution in [0.1, 0.15) is 74.8 Å². The highest BCUT2D eigenvalue weighted by Gasteiger charge is 2.52. The topological polar surface area (TPSA) is 82.6 Å². The number of aryl methyl sites for hydroxylation is 1. The predicted molar refractivity (Wildman–Crippen MR) is 190 cm³/mol. The third kappa shape index (κ3) is 5.54. The van der Waals surface area contributed by atoms with Gasteiger partial charge in [0.2, 0.25) is 0 Å². The highest BCUT2D eigenvalue weighted by molar-refractivity contribution is 6.06. The van der Waals surface area contributed by atoms with Gasteiger partial charge in [0.25, 0.3) is 0 Å². The minimum absolute atomic E-state index is 0.0277. The summed E-state index contributed by atoms with van der Waals surface area (Å²) in [7, 11) is 2.17. The smallest absolute Gasteiger partial charge is 0.422 e. The molecule has 5 heterocycles. The third-order valence-electron chi connectivity index (χ3n) is 13.1. The first kappa shape index (κ1) is 32.0. The number of ether oxygens (including phenoxy) is 2. The molecule has 0 unspecified atom stereocenters. The standard InChI is InChI=1S/C39H46F3N7O2/c1-23-4-7-30-29(17-43-46-30)31(23)32-27(24-5-6-24)16-28-33(34(32)50-22-39(40,41)42)44-36(45-35(28)48-12-10-38(11-13-48)18-47(2)19-38)51-26-14-25(15-26)49-20-37(21-49)8-3-9-37/h4,7,16-17,24-26H,3,5-6,8-15,18-22H2,1-2H3,(H,43,46). The van der Waals surface area contributed by atoms with Gasteiger partial charge in [0.15, 0.2) is 12.4 Å². The number of hydrogen-bond donors (Lipinski definition) is 1. The zero-order valence-electron chi connectivity index (χ0n) is 29.5. The number of piperidine rings is 1. The molecule has 12 heteroatoms. The van der Waals surface area contributed by atoms with Crippen LogP contribution in [-0.4, -0.2) is 101 Å². The van der Waals surface area contributed by atoms with Gasteiger partial charge in [-0.2, -0.15) is 28.2 Å². The van der Waals surface area contributed by atoms with Crippen molar-refractivity contribution in [1.29, 1.82) is 0 Å². The van der Waals surface area contributed by atoms with Crippen molar-refractivity contribution in [2.24, 2.45) is 10.8 Å². The van der Waals surface area contributed by atoms with Gasteiger partial charge in [-0.15, -0.1) is 0 Å². The highest BCUT2D eigenvalue weighted by Crippen LogP contribution is 2.54. The second kappa shape index (κ2) is 11.4. The van der Waals surface area contributed by atoms with Crippen LogP contribution in [0.15, 0.2) is 24.4 Å². The Morgan fingerprint density at radius 1 is 0.941 bits per heavy atom. The fourth-order valence-corrected chi connectivity index (χ4v) is 10.00. The van der Waals surface area contributed by atoms with Gasteiger partial charge in [-0.25, -0.2) is 0 Å². The van der Waals surface area contributed by atoms with Crippen molar-refractivity contribution in [3.63, 3.8) is 0 Å². The minimum Gasteiger partial charge on any atom is -0.481 e. The molecule has 3 saturated carbocycles. The molecule has 2 spiro atoms. The van der Waals surface area contributed by atoms with Crippen LogP contribution in [0.4, 0.5) is 19.0 Å². The lowest BCUT2D eigenvalue weighted by molar-refractivity contribution is -0.153. The van der Waals surface area contributed by atoms with Gasteiger partial charge in [0.1, 0.15) is 17.4 Å². The number of likely N-dealkylation sites (tertiary alicyclic amines) is 2. The van der Waals surface area contributed by atoms with E-state index in [9.17, 15) is 13.2 Å². The Bertz CT molecular complexity index is 1990. The molecular formula is C39H46F3N7O2. The molecule has 10 rings (SSSR count). The number of benzene rings is 2. The lowest BCUT2D eigenvalue weighted by Gasteiger charge is -2.60. The fraction of sp³-hybridized carbons (Fsp3) is 0.615. The summed E-state index contributed by atoms with van der Waals surface area (Å²) in [5.74, 6) is 1.11. The Balaban J connectivity index is 1.08. The van der Waals surface area contributed by atoms with Crippen LogP contribution in [0.25, 0.3) is 32.9 Å². The van der Waals surface area contributed by atoms with Crippen LogP contribution in [0.5, 0.6) is 11.8 Å². The van der Waals surface area contributed by atoms with Crippen molar-refractivity contribution in [1.82, 2.24) is 30.0 Å². The zero-order valence-corrected chi connectivity index (χ0v) is 29.5. The molecule has 6 fully saturated rings. The molecule has 3 aliphatic carbocycles. The molecule has 51 heavy (non-hydrogen) atoms. The maximum atomic E-state index is 14.0. The second-order valence-corrected chi connectivity index (χ2v) is 16.9. The summed E-state index contributed by atoms with van der Waals surface area (Å²) in [5, 5.41) is 8.94. The number of fused-ring (bicyclic) bond motifs is 2. The predicted octanol–water partition coefficient (Wildman–Crippen LogP) is 7.23. The lowest BCUT2D eigenvalue weighted by Crippen LogP contribution is -2.65. The molecule has 0 radical (unpaired) electrons. The number of alkyl halides is 3. The van der Waals surface area contributed by atoms with Gasteiger partial charge in [-0.3, -0.25) is 10.00 Å². The summed E-state index contributed by atoms with van der Waals surface area (Å²) < 4.78 is 54.6. The van der Waals surface area contributed by atoms with E-state index >= 15 is 0 Å². The van der Waals surface area contributed by atoms with Crippen LogP contribution in [0.3, 0.4) is 0 Å². The number of aromatic nitrogens is 4. The van der Waals surface area contributed by atoms with Crippen molar-refractivity contribution in [3.8, 4) is 22.9 Å². The van der Waals surface area contributed by atoms with Gasteiger partial charge in [0.05, 0.1) is 11.7 Å². The quantitative estimate of drug-likeness (QED) is 0.206. The van der Waals surface area contributed by atoms with Gasteiger partial charge in [0, 0.05) is 74.5 Å². The van der Waals surface area contributed by atoms with Gasteiger partial charge in [-0.1, -0.05) is 12.5 Å². The van der Waals surface area contributed by atoms with E-state index < -0.39 is 12.8 Å². The molecule has 3 saturated heterocycles. The molecule has 270 valence electrons. The SMILES string of the molecule is Cc1ccc2[nH]ncc2c1-c1c(C2CC2)cc2c(N3CCC4(CC3)CN(C)C4)nc(OC3CC(N4CC5(CCC5)C4)C3)nc2c1OCC(F)(F)F. The molecule has 4 aromatic rings. The molecule has 1 N–H and O–H groups in total. The van der Waals surface area contributed by atoms with Crippen molar-refractivity contribution in [3.05, 3.63) is 35.5 Å².